The lowest BCUT2D eigenvalue weighted by atomic mass is 10.0. The molecule has 0 spiro atoms. The van der Waals surface area contributed by atoms with Crippen LogP contribution >= 0.6 is 0 Å². The van der Waals surface area contributed by atoms with E-state index in [1.54, 1.807) is 13.2 Å². The largest absolute Gasteiger partial charge is 0.393 e. The lowest BCUT2D eigenvalue weighted by Crippen LogP contribution is -2.11. The van der Waals surface area contributed by atoms with Gasteiger partial charge in [0.25, 0.3) is 0 Å². The van der Waals surface area contributed by atoms with Crippen molar-refractivity contribution in [2.75, 3.05) is 13.7 Å². The highest BCUT2D eigenvalue weighted by atomic mass is 19.1. The SMILES string of the molecule is COCCCC(O)Cc1cccc(F)c1. The van der Waals surface area contributed by atoms with Gasteiger partial charge >= 0.3 is 0 Å². The minimum Gasteiger partial charge on any atom is -0.393 e. The maximum Gasteiger partial charge on any atom is 0.123 e. The fourth-order valence-electron chi connectivity index (χ4n) is 1.50. The van der Waals surface area contributed by atoms with Crippen LogP contribution in [-0.2, 0) is 11.2 Å². The Morgan fingerprint density at radius 3 is 2.93 bits per heavy atom. The zero-order valence-corrected chi connectivity index (χ0v) is 8.95. The molecule has 0 aliphatic rings. The molecule has 1 rings (SSSR count). The van der Waals surface area contributed by atoms with Crippen LogP contribution in [0.5, 0.6) is 0 Å². The van der Waals surface area contributed by atoms with E-state index >= 15 is 0 Å². The van der Waals surface area contributed by atoms with E-state index in [0.29, 0.717) is 19.4 Å². The number of aliphatic hydroxyl groups excluding tert-OH is 1. The number of ether oxygens (including phenoxy) is 1. The fourth-order valence-corrected chi connectivity index (χ4v) is 1.50. The van der Waals surface area contributed by atoms with Crippen molar-refractivity contribution in [1.29, 1.82) is 0 Å². The zero-order valence-electron chi connectivity index (χ0n) is 8.95. The Morgan fingerprint density at radius 1 is 1.47 bits per heavy atom. The maximum absolute atomic E-state index is 12.8. The van der Waals surface area contributed by atoms with Crippen LogP contribution in [0.3, 0.4) is 0 Å². The van der Waals surface area contributed by atoms with Gasteiger partial charge in [0, 0.05) is 13.7 Å². The Labute approximate surface area is 89.7 Å². The predicted molar refractivity (Wildman–Crippen MR) is 57.2 cm³/mol. The molecule has 1 atom stereocenters. The van der Waals surface area contributed by atoms with Crippen molar-refractivity contribution < 1.29 is 14.2 Å². The smallest absolute Gasteiger partial charge is 0.123 e. The van der Waals surface area contributed by atoms with Gasteiger partial charge in [0.05, 0.1) is 6.10 Å². The molecule has 0 radical (unpaired) electrons. The number of methoxy groups -OCH3 is 1. The van der Waals surface area contributed by atoms with Crippen molar-refractivity contribution in [3.05, 3.63) is 35.6 Å². The predicted octanol–water partition coefficient (Wildman–Crippen LogP) is 2.16. The summed E-state index contributed by atoms with van der Waals surface area (Å²) in [5.41, 5.74) is 0.833. The summed E-state index contributed by atoms with van der Waals surface area (Å²) < 4.78 is 17.7. The number of hydrogen-bond acceptors (Lipinski definition) is 2. The molecule has 2 nitrogen and oxygen atoms in total. The quantitative estimate of drug-likeness (QED) is 0.732. The Morgan fingerprint density at radius 2 is 2.27 bits per heavy atom. The minimum absolute atomic E-state index is 0.253. The summed E-state index contributed by atoms with van der Waals surface area (Å²) in [5, 5.41) is 9.64. The highest BCUT2D eigenvalue weighted by molar-refractivity contribution is 5.16. The zero-order chi connectivity index (χ0) is 11.1. The highest BCUT2D eigenvalue weighted by Gasteiger charge is 2.05. The Bertz CT molecular complexity index is 289. The van der Waals surface area contributed by atoms with E-state index in [4.69, 9.17) is 4.74 Å². The van der Waals surface area contributed by atoms with Crippen molar-refractivity contribution in [3.8, 4) is 0 Å². The molecule has 0 aliphatic heterocycles. The van der Waals surface area contributed by atoms with Crippen LogP contribution in [0.25, 0.3) is 0 Å². The molecule has 1 aromatic carbocycles. The van der Waals surface area contributed by atoms with Gasteiger partial charge in [-0.05, 0) is 37.0 Å². The van der Waals surface area contributed by atoms with E-state index in [9.17, 15) is 9.50 Å². The second kappa shape index (κ2) is 6.53. The molecular formula is C12H17FO2. The number of benzene rings is 1. The van der Waals surface area contributed by atoms with Gasteiger partial charge in [-0.2, -0.15) is 0 Å². The Kier molecular flexibility index (Phi) is 5.29. The molecule has 15 heavy (non-hydrogen) atoms. The molecule has 1 aromatic rings. The van der Waals surface area contributed by atoms with Crippen molar-refractivity contribution in [2.24, 2.45) is 0 Å². The van der Waals surface area contributed by atoms with Crippen molar-refractivity contribution in [2.45, 2.75) is 25.4 Å². The van der Waals surface area contributed by atoms with Crippen LogP contribution in [0.15, 0.2) is 24.3 Å². The lowest BCUT2D eigenvalue weighted by Gasteiger charge is -2.10. The number of halogens is 1. The van der Waals surface area contributed by atoms with Gasteiger partial charge in [0.1, 0.15) is 5.82 Å². The van der Waals surface area contributed by atoms with Gasteiger partial charge in [0.2, 0.25) is 0 Å². The van der Waals surface area contributed by atoms with Gasteiger partial charge < -0.3 is 9.84 Å². The maximum atomic E-state index is 12.8. The van der Waals surface area contributed by atoms with E-state index in [1.165, 1.54) is 12.1 Å². The first kappa shape index (κ1) is 12.1. The molecule has 0 bridgehead atoms. The third kappa shape index (κ3) is 4.91. The monoisotopic (exact) mass is 212 g/mol. The summed E-state index contributed by atoms with van der Waals surface area (Å²) in [5.74, 6) is -0.253. The molecule has 0 heterocycles. The summed E-state index contributed by atoms with van der Waals surface area (Å²) in [7, 11) is 1.64. The van der Waals surface area contributed by atoms with Crippen LogP contribution in [-0.4, -0.2) is 24.9 Å². The Hall–Kier alpha value is -0.930. The first-order valence-electron chi connectivity index (χ1n) is 5.14. The topological polar surface area (TPSA) is 29.5 Å². The van der Waals surface area contributed by atoms with Gasteiger partial charge in [-0.15, -0.1) is 0 Å². The van der Waals surface area contributed by atoms with Crippen molar-refractivity contribution in [3.63, 3.8) is 0 Å². The fraction of sp³-hybridized carbons (Fsp3) is 0.500. The number of hydrogen-bond donors (Lipinski definition) is 1. The molecule has 0 fully saturated rings. The van der Waals surface area contributed by atoms with Crippen molar-refractivity contribution in [1.82, 2.24) is 0 Å². The third-order valence-electron chi connectivity index (χ3n) is 2.25. The van der Waals surface area contributed by atoms with Crippen LogP contribution in [0.1, 0.15) is 18.4 Å². The normalized spacial score (nSPS) is 12.7. The second-order valence-electron chi connectivity index (χ2n) is 3.62. The van der Waals surface area contributed by atoms with Gasteiger partial charge in [-0.1, -0.05) is 12.1 Å². The minimum atomic E-state index is -0.415. The van der Waals surface area contributed by atoms with Crippen LogP contribution in [0.4, 0.5) is 4.39 Å². The second-order valence-corrected chi connectivity index (χ2v) is 3.62. The lowest BCUT2D eigenvalue weighted by molar-refractivity contribution is 0.135. The first-order chi connectivity index (χ1) is 7.22. The van der Waals surface area contributed by atoms with E-state index in [1.807, 2.05) is 6.07 Å². The summed E-state index contributed by atoms with van der Waals surface area (Å²) in [6, 6.07) is 6.34. The van der Waals surface area contributed by atoms with Crippen LogP contribution in [0.2, 0.25) is 0 Å². The van der Waals surface area contributed by atoms with Gasteiger partial charge in [-0.25, -0.2) is 4.39 Å². The molecule has 3 heteroatoms. The summed E-state index contributed by atoms with van der Waals surface area (Å²) in [4.78, 5) is 0. The summed E-state index contributed by atoms with van der Waals surface area (Å²) in [6.45, 7) is 0.653. The van der Waals surface area contributed by atoms with E-state index in [2.05, 4.69) is 0 Å². The number of aliphatic hydroxyl groups is 1. The van der Waals surface area contributed by atoms with Gasteiger partial charge in [-0.3, -0.25) is 0 Å². The molecule has 0 aromatic heterocycles. The summed E-state index contributed by atoms with van der Waals surface area (Å²) >= 11 is 0. The van der Waals surface area contributed by atoms with Gasteiger partial charge in [0.15, 0.2) is 0 Å². The average molecular weight is 212 g/mol. The molecular weight excluding hydrogens is 195 g/mol. The van der Waals surface area contributed by atoms with E-state index < -0.39 is 6.10 Å². The molecule has 0 aliphatic carbocycles. The standard InChI is InChI=1S/C12H17FO2/c1-15-7-3-6-12(14)9-10-4-2-5-11(13)8-10/h2,4-5,8,12,14H,3,6-7,9H2,1H3. The third-order valence-corrected chi connectivity index (χ3v) is 2.25. The molecule has 0 saturated heterocycles. The molecule has 0 amide bonds. The van der Waals surface area contributed by atoms with Crippen LogP contribution < -0.4 is 0 Å². The van der Waals surface area contributed by atoms with E-state index in [-0.39, 0.29) is 5.82 Å². The van der Waals surface area contributed by atoms with Crippen LogP contribution in [0, 0.1) is 5.82 Å². The molecule has 84 valence electrons. The summed E-state index contributed by atoms with van der Waals surface area (Å²) in [6.07, 6.45) is 1.60. The Balaban J connectivity index is 2.34. The average Bonchev–Trinajstić information content (AvgIpc) is 2.18. The highest BCUT2D eigenvalue weighted by Crippen LogP contribution is 2.09. The van der Waals surface area contributed by atoms with E-state index in [0.717, 1.165) is 12.0 Å². The van der Waals surface area contributed by atoms with Crippen molar-refractivity contribution >= 4 is 0 Å². The molecule has 1 unspecified atom stereocenters. The molecule has 1 N–H and O–H groups in total. The first-order valence-corrected chi connectivity index (χ1v) is 5.14. The molecule has 0 saturated carbocycles. The number of rotatable bonds is 6.